The third kappa shape index (κ3) is 6.08. The molecule has 2 aliphatic heterocycles. The number of aryl methyl sites for hydroxylation is 1. The van der Waals surface area contributed by atoms with Crippen LogP contribution in [0, 0.1) is 6.92 Å². The van der Waals surface area contributed by atoms with E-state index in [-0.39, 0.29) is 29.1 Å². The summed E-state index contributed by atoms with van der Waals surface area (Å²) < 4.78 is 0. The molecule has 4 rings (SSSR count). The summed E-state index contributed by atoms with van der Waals surface area (Å²) in [5, 5.41) is 5.17. The number of fused-ring (bicyclic) bond motifs is 1. The highest BCUT2D eigenvalue weighted by atomic mass is 35.5. The quantitative estimate of drug-likeness (QED) is 0.440. The Morgan fingerprint density at radius 2 is 1.77 bits per heavy atom. The molecule has 184 valence electrons. The summed E-state index contributed by atoms with van der Waals surface area (Å²) in [6, 6.07) is 15.0. The molecule has 2 aromatic rings. The molecule has 2 aromatic carbocycles. The minimum absolute atomic E-state index is 0.0317. The van der Waals surface area contributed by atoms with Crippen molar-refractivity contribution in [2.24, 2.45) is 0 Å². The second-order valence-corrected chi connectivity index (χ2v) is 10.3. The van der Waals surface area contributed by atoms with Crippen LogP contribution in [0.25, 0.3) is 0 Å². The number of carbonyl (C=O) groups is 3. The predicted molar refractivity (Wildman–Crippen MR) is 140 cm³/mol. The number of nitrogens with zero attached hydrogens (tertiary/aromatic N) is 2. The summed E-state index contributed by atoms with van der Waals surface area (Å²) in [6.45, 7) is 3.29. The highest BCUT2D eigenvalue weighted by molar-refractivity contribution is 8.03. The van der Waals surface area contributed by atoms with Crippen LogP contribution >= 0.6 is 23.4 Å². The fourth-order valence-corrected chi connectivity index (χ4v) is 5.67. The van der Waals surface area contributed by atoms with Gasteiger partial charge in [-0.05, 0) is 47.9 Å². The lowest BCUT2D eigenvalue weighted by Crippen LogP contribution is -2.61. The lowest BCUT2D eigenvalue weighted by molar-refractivity contribution is -0.131. The Morgan fingerprint density at radius 1 is 1.03 bits per heavy atom. The van der Waals surface area contributed by atoms with E-state index in [1.54, 1.807) is 6.07 Å². The van der Waals surface area contributed by atoms with Gasteiger partial charge in [-0.3, -0.25) is 14.5 Å². The number of imide groups is 1. The van der Waals surface area contributed by atoms with Crippen molar-refractivity contribution in [3.63, 3.8) is 0 Å². The molecule has 0 aromatic heterocycles. The van der Waals surface area contributed by atoms with Crippen molar-refractivity contribution in [2.45, 2.75) is 57.0 Å². The van der Waals surface area contributed by atoms with Gasteiger partial charge in [0.1, 0.15) is 5.25 Å². The zero-order valence-electron chi connectivity index (χ0n) is 19.8. The van der Waals surface area contributed by atoms with Crippen LogP contribution in [0.4, 0.5) is 4.79 Å². The SMILES string of the molecule is Cc1ccccc1CN1C(=O)N(CCCCCC(=O)NCc2ccccc2Cl)C(=O)C2SC=CC21. The van der Waals surface area contributed by atoms with Crippen LogP contribution in [-0.4, -0.2) is 45.5 Å². The van der Waals surface area contributed by atoms with Crippen molar-refractivity contribution in [3.05, 3.63) is 81.7 Å². The summed E-state index contributed by atoms with van der Waals surface area (Å²) in [7, 11) is 0. The van der Waals surface area contributed by atoms with E-state index in [9.17, 15) is 14.4 Å². The molecule has 0 saturated carbocycles. The topological polar surface area (TPSA) is 69.7 Å². The zero-order chi connectivity index (χ0) is 24.8. The van der Waals surface area contributed by atoms with E-state index in [0.717, 1.165) is 23.1 Å². The Hall–Kier alpha value is -2.77. The maximum Gasteiger partial charge on any atom is 0.327 e. The van der Waals surface area contributed by atoms with E-state index >= 15 is 0 Å². The Kier molecular flexibility index (Phi) is 8.52. The van der Waals surface area contributed by atoms with E-state index in [2.05, 4.69) is 5.32 Å². The highest BCUT2D eigenvalue weighted by Crippen LogP contribution is 2.35. The largest absolute Gasteiger partial charge is 0.352 e. The molecule has 0 bridgehead atoms. The average Bonchev–Trinajstić information content (AvgIpc) is 3.34. The number of rotatable bonds is 10. The molecule has 1 saturated heterocycles. The van der Waals surface area contributed by atoms with Crippen molar-refractivity contribution in [2.75, 3.05) is 6.54 Å². The van der Waals surface area contributed by atoms with Crippen LogP contribution in [-0.2, 0) is 22.7 Å². The minimum Gasteiger partial charge on any atom is -0.352 e. The maximum absolute atomic E-state index is 13.3. The summed E-state index contributed by atoms with van der Waals surface area (Å²) in [4.78, 5) is 41.8. The molecule has 0 radical (unpaired) electrons. The number of hydrogen-bond acceptors (Lipinski definition) is 4. The summed E-state index contributed by atoms with van der Waals surface area (Å²) in [5.41, 5.74) is 3.10. The number of benzene rings is 2. The first-order valence-electron chi connectivity index (χ1n) is 11.9. The van der Waals surface area contributed by atoms with Gasteiger partial charge in [0.25, 0.3) is 0 Å². The fourth-order valence-electron chi connectivity index (χ4n) is 4.40. The lowest BCUT2D eigenvalue weighted by atomic mass is 10.0. The third-order valence-electron chi connectivity index (χ3n) is 6.48. The van der Waals surface area contributed by atoms with Crippen LogP contribution in [0.3, 0.4) is 0 Å². The highest BCUT2D eigenvalue weighted by Gasteiger charge is 2.46. The van der Waals surface area contributed by atoms with Crippen LogP contribution < -0.4 is 5.32 Å². The summed E-state index contributed by atoms with van der Waals surface area (Å²) >= 11 is 7.61. The first kappa shape index (κ1) is 25.3. The molecule has 1 fully saturated rings. The van der Waals surface area contributed by atoms with Crippen LogP contribution in [0.2, 0.25) is 5.02 Å². The van der Waals surface area contributed by atoms with E-state index in [1.165, 1.54) is 16.7 Å². The van der Waals surface area contributed by atoms with E-state index < -0.39 is 0 Å². The second-order valence-electron chi connectivity index (χ2n) is 8.88. The van der Waals surface area contributed by atoms with E-state index in [4.69, 9.17) is 11.6 Å². The molecule has 2 heterocycles. The molecule has 6 nitrogen and oxygen atoms in total. The van der Waals surface area contributed by atoms with Gasteiger partial charge in [-0.2, -0.15) is 0 Å². The number of halogens is 1. The van der Waals surface area contributed by atoms with Gasteiger partial charge in [-0.25, -0.2) is 4.79 Å². The van der Waals surface area contributed by atoms with Crippen molar-refractivity contribution in [3.8, 4) is 0 Å². The molecule has 35 heavy (non-hydrogen) atoms. The van der Waals surface area contributed by atoms with Gasteiger partial charge in [-0.1, -0.05) is 66.6 Å². The monoisotopic (exact) mass is 511 g/mol. The summed E-state index contributed by atoms with van der Waals surface area (Å²) in [6.07, 6.45) is 4.48. The molecule has 2 unspecified atom stereocenters. The Balaban J connectivity index is 1.26. The number of carbonyl (C=O) groups excluding carboxylic acids is 3. The summed E-state index contributed by atoms with van der Waals surface area (Å²) in [5.74, 6) is -0.149. The van der Waals surface area contributed by atoms with E-state index in [1.807, 2.05) is 65.8 Å². The average molecular weight is 512 g/mol. The number of amides is 4. The van der Waals surface area contributed by atoms with Crippen molar-refractivity contribution >= 4 is 41.2 Å². The van der Waals surface area contributed by atoms with Gasteiger partial charge in [0, 0.05) is 31.1 Å². The molecule has 2 aliphatic rings. The van der Waals surface area contributed by atoms with Gasteiger partial charge in [0.05, 0.1) is 6.04 Å². The molecule has 1 N–H and O–H groups in total. The van der Waals surface area contributed by atoms with Gasteiger partial charge >= 0.3 is 6.03 Å². The second kappa shape index (κ2) is 11.8. The number of urea groups is 1. The van der Waals surface area contributed by atoms with Crippen molar-refractivity contribution < 1.29 is 14.4 Å². The normalized spacial score (nSPS) is 19.3. The van der Waals surface area contributed by atoms with Crippen molar-refractivity contribution in [1.82, 2.24) is 15.1 Å². The van der Waals surface area contributed by atoms with Gasteiger partial charge in [0.2, 0.25) is 11.8 Å². The predicted octanol–water partition coefficient (Wildman–Crippen LogP) is 5.29. The van der Waals surface area contributed by atoms with Crippen molar-refractivity contribution in [1.29, 1.82) is 0 Å². The number of unbranched alkanes of at least 4 members (excludes halogenated alkanes) is 2. The van der Waals surface area contributed by atoms with Gasteiger partial charge in [0.15, 0.2) is 0 Å². The number of thioether (sulfide) groups is 1. The maximum atomic E-state index is 13.3. The van der Waals surface area contributed by atoms with Crippen LogP contribution in [0.15, 0.2) is 60.0 Å². The Labute approximate surface area is 215 Å². The Bertz CT molecular complexity index is 1120. The van der Waals surface area contributed by atoms with E-state index in [0.29, 0.717) is 43.9 Å². The minimum atomic E-state index is -0.285. The molecular formula is C27H30ClN3O3S. The Morgan fingerprint density at radius 3 is 2.54 bits per heavy atom. The van der Waals surface area contributed by atoms with Crippen LogP contribution in [0.1, 0.15) is 42.4 Å². The lowest BCUT2D eigenvalue weighted by Gasteiger charge is -2.41. The standard InChI is InChI=1S/C27H30ClN3O3S/c1-19-9-4-5-11-21(19)18-31-23-14-16-35-25(23)26(33)30(27(31)34)15-8-2-3-13-24(32)29-17-20-10-6-7-12-22(20)28/h4-7,9-12,14,16,23,25H,2-3,8,13,15,17-18H2,1H3,(H,29,32). The van der Waals surface area contributed by atoms with Gasteiger partial charge < -0.3 is 10.2 Å². The molecule has 0 spiro atoms. The first-order valence-corrected chi connectivity index (χ1v) is 13.3. The fraction of sp³-hybridized carbons (Fsp3) is 0.370. The first-order chi connectivity index (χ1) is 17.0. The van der Waals surface area contributed by atoms with Crippen LogP contribution in [0.5, 0.6) is 0 Å². The third-order valence-corrected chi connectivity index (χ3v) is 7.94. The number of hydrogen-bond donors (Lipinski definition) is 1. The molecule has 4 amide bonds. The van der Waals surface area contributed by atoms with Gasteiger partial charge in [-0.15, -0.1) is 11.8 Å². The zero-order valence-corrected chi connectivity index (χ0v) is 21.4. The molecule has 0 aliphatic carbocycles. The number of nitrogens with one attached hydrogen (secondary N) is 1. The smallest absolute Gasteiger partial charge is 0.327 e. The molecule has 2 atom stereocenters. The molecular weight excluding hydrogens is 482 g/mol. The molecule has 8 heteroatoms.